The van der Waals surface area contributed by atoms with Crippen LogP contribution in [-0.2, 0) is 6.42 Å². The van der Waals surface area contributed by atoms with E-state index < -0.39 is 0 Å². The maximum absolute atomic E-state index is 12.4. The molecule has 0 spiro atoms. The molecule has 0 heterocycles. The fraction of sp³-hybridized carbons (Fsp3) is 0.222. The van der Waals surface area contributed by atoms with E-state index >= 15 is 0 Å². The van der Waals surface area contributed by atoms with Gasteiger partial charge in [-0.2, -0.15) is 0 Å². The Bertz CT molecular complexity index is 251. The first-order valence-corrected chi connectivity index (χ1v) is 3.83. The zero-order valence-corrected chi connectivity index (χ0v) is 7.12. The summed E-state index contributed by atoms with van der Waals surface area (Å²) in [5.41, 5.74) is 1.07. The van der Waals surface area contributed by atoms with Crippen LogP contribution in [0.3, 0.4) is 0 Å². The van der Waals surface area contributed by atoms with E-state index in [9.17, 15) is 4.39 Å². The number of benzene rings is 1. The molecule has 0 atom stereocenters. The van der Waals surface area contributed by atoms with Gasteiger partial charge < -0.3 is 0 Å². The third-order valence-corrected chi connectivity index (χ3v) is 1.51. The fourth-order valence-corrected chi connectivity index (χ4v) is 1.06. The predicted octanol–water partition coefficient (Wildman–Crippen LogP) is 2.76. The van der Waals surface area contributed by atoms with E-state index in [2.05, 4.69) is 0 Å². The van der Waals surface area contributed by atoms with Gasteiger partial charge in [-0.25, -0.2) is 4.39 Å². The van der Waals surface area contributed by atoms with E-state index in [-0.39, 0.29) is 5.82 Å². The van der Waals surface area contributed by atoms with Crippen LogP contribution < -0.4 is 0 Å². The molecule has 0 saturated carbocycles. The van der Waals surface area contributed by atoms with Gasteiger partial charge in [-0.1, -0.05) is 24.4 Å². The molecule has 0 aliphatic rings. The Morgan fingerprint density at radius 1 is 1.36 bits per heavy atom. The maximum Gasteiger partial charge on any atom is 0.123 e. The van der Waals surface area contributed by atoms with Gasteiger partial charge in [-0.05, 0) is 29.5 Å². The Labute approximate surface area is 71.1 Å². The zero-order chi connectivity index (χ0) is 8.27. The molecule has 1 aromatic rings. The minimum atomic E-state index is -0.198. The second kappa shape index (κ2) is 3.58. The van der Waals surface area contributed by atoms with Crippen LogP contribution in [0.2, 0.25) is 0 Å². The van der Waals surface area contributed by atoms with Gasteiger partial charge in [0.05, 0.1) is 0 Å². The van der Waals surface area contributed by atoms with Crippen molar-refractivity contribution in [2.24, 2.45) is 0 Å². The first-order chi connectivity index (χ1) is 5.18. The molecule has 0 aliphatic heterocycles. The van der Waals surface area contributed by atoms with Crippen LogP contribution in [0.25, 0.3) is 0 Å². The van der Waals surface area contributed by atoms with Crippen molar-refractivity contribution in [1.29, 1.82) is 0 Å². The molecule has 2 heteroatoms. The highest BCUT2D eigenvalue weighted by atomic mass is 32.1. The van der Waals surface area contributed by atoms with E-state index in [0.717, 1.165) is 16.8 Å². The van der Waals surface area contributed by atoms with Crippen molar-refractivity contribution in [3.05, 3.63) is 35.6 Å². The summed E-state index contributed by atoms with van der Waals surface area (Å²) in [6, 6.07) is 6.41. The van der Waals surface area contributed by atoms with Gasteiger partial charge in [-0.15, -0.1) is 0 Å². The molecule has 0 bridgehead atoms. The zero-order valence-electron chi connectivity index (χ0n) is 6.30. The molecule has 0 amide bonds. The summed E-state index contributed by atoms with van der Waals surface area (Å²) >= 11 is 4.92. The van der Waals surface area contributed by atoms with Crippen LogP contribution >= 0.6 is 12.2 Å². The Morgan fingerprint density at radius 2 is 1.91 bits per heavy atom. The van der Waals surface area contributed by atoms with Gasteiger partial charge in [-0.3, -0.25) is 0 Å². The summed E-state index contributed by atoms with van der Waals surface area (Å²) in [4.78, 5) is 0.927. The van der Waals surface area contributed by atoms with Crippen molar-refractivity contribution in [1.82, 2.24) is 0 Å². The van der Waals surface area contributed by atoms with Gasteiger partial charge >= 0.3 is 0 Å². The van der Waals surface area contributed by atoms with E-state index in [1.54, 1.807) is 12.1 Å². The highest BCUT2D eigenvalue weighted by molar-refractivity contribution is 7.80. The fourth-order valence-electron chi connectivity index (χ4n) is 0.890. The molecule has 0 unspecified atom stereocenters. The molecule has 0 radical (unpaired) electrons. The summed E-state index contributed by atoms with van der Waals surface area (Å²) < 4.78 is 12.4. The molecule has 1 aromatic carbocycles. The molecular weight excluding hydrogens is 159 g/mol. The Hall–Kier alpha value is -0.760. The number of hydrogen-bond acceptors (Lipinski definition) is 1. The van der Waals surface area contributed by atoms with Crippen molar-refractivity contribution in [3.8, 4) is 0 Å². The smallest absolute Gasteiger partial charge is 0.123 e. The molecule has 0 nitrogen and oxygen atoms in total. The van der Waals surface area contributed by atoms with Crippen molar-refractivity contribution >= 4 is 17.1 Å². The highest BCUT2D eigenvalue weighted by Gasteiger charge is 1.93. The van der Waals surface area contributed by atoms with E-state index in [0.29, 0.717) is 0 Å². The molecular formula is C9H9FS. The van der Waals surface area contributed by atoms with Gasteiger partial charge in [0.2, 0.25) is 0 Å². The van der Waals surface area contributed by atoms with E-state index in [4.69, 9.17) is 12.2 Å². The molecule has 0 saturated heterocycles. The van der Waals surface area contributed by atoms with Crippen LogP contribution in [0.5, 0.6) is 0 Å². The first-order valence-electron chi connectivity index (χ1n) is 3.42. The lowest BCUT2D eigenvalue weighted by molar-refractivity contribution is 0.627. The number of thiocarbonyl (C=S) groups is 1. The monoisotopic (exact) mass is 168 g/mol. The molecule has 1 rings (SSSR count). The molecule has 0 N–H and O–H groups in total. The third-order valence-electron chi connectivity index (χ3n) is 1.37. The topological polar surface area (TPSA) is 0 Å². The van der Waals surface area contributed by atoms with Crippen LogP contribution in [0.1, 0.15) is 12.5 Å². The molecule has 11 heavy (non-hydrogen) atoms. The number of hydrogen-bond donors (Lipinski definition) is 0. The van der Waals surface area contributed by atoms with Crippen molar-refractivity contribution < 1.29 is 4.39 Å². The third kappa shape index (κ3) is 2.76. The second-order valence-electron chi connectivity index (χ2n) is 2.51. The van der Waals surface area contributed by atoms with Crippen molar-refractivity contribution in [3.63, 3.8) is 0 Å². The van der Waals surface area contributed by atoms with Gasteiger partial charge in [0.15, 0.2) is 0 Å². The Kier molecular flexibility index (Phi) is 2.71. The predicted molar refractivity (Wildman–Crippen MR) is 48.4 cm³/mol. The average molecular weight is 168 g/mol. The van der Waals surface area contributed by atoms with Crippen LogP contribution in [0, 0.1) is 5.82 Å². The quantitative estimate of drug-likeness (QED) is 0.612. The lowest BCUT2D eigenvalue weighted by Gasteiger charge is -1.97. The van der Waals surface area contributed by atoms with Crippen LogP contribution in [0.15, 0.2) is 24.3 Å². The summed E-state index contributed by atoms with van der Waals surface area (Å²) in [6.07, 6.45) is 0.760. The van der Waals surface area contributed by atoms with Crippen molar-refractivity contribution in [2.45, 2.75) is 13.3 Å². The van der Waals surface area contributed by atoms with Crippen LogP contribution in [-0.4, -0.2) is 4.86 Å². The minimum Gasteiger partial charge on any atom is -0.207 e. The summed E-state index contributed by atoms with van der Waals surface area (Å²) in [5.74, 6) is -0.198. The number of rotatable bonds is 2. The Morgan fingerprint density at radius 3 is 2.36 bits per heavy atom. The maximum atomic E-state index is 12.4. The highest BCUT2D eigenvalue weighted by Crippen LogP contribution is 2.03. The second-order valence-corrected chi connectivity index (χ2v) is 3.20. The molecule has 0 aromatic heterocycles. The standard InChI is InChI=1S/C9H9FS/c1-7(11)6-8-2-4-9(10)5-3-8/h2-5H,6H2,1H3. The van der Waals surface area contributed by atoms with Crippen LogP contribution in [0.4, 0.5) is 4.39 Å². The average Bonchev–Trinajstić information content (AvgIpc) is 1.93. The van der Waals surface area contributed by atoms with Crippen molar-refractivity contribution in [2.75, 3.05) is 0 Å². The van der Waals surface area contributed by atoms with Gasteiger partial charge in [0.25, 0.3) is 0 Å². The largest absolute Gasteiger partial charge is 0.207 e. The lowest BCUT2D eigenvalue weighted by Crippen LogP contribution is -1.92. The molecule has 58 valence electrons. The van der Waals surface area contributed by atoms with Gasteiger partial charge in [0.1, 0.15) is 5.82 Å². The minimum absolute atomic E-state index is 0.198. The molecule has 0 fully saturated rings. The summed E-state index contributed by atoms with van der Waals surface area (Å²) in [5, 5.41) is 0. The summed E-state index contributed by atoms with van der Waals surface area (Å²) in [6.45, 7) is 1.89. The Balaban J connectivity index is 2.74. The first kappa shape index (κ1) is 8.34. The lowest BCUT2D eigenvalue weighted by atomic mass is 10.1. The molecule has 0 aliphatic carbocycles. The van der Waals surface area contributed by atoms with E-state index in [1.807, 2.05) is 6.92 Å². The summed E-state index contributed by atoms with van der Waals surface area (Å²) in [7, 11) is 0. The number of halogens is 1. The SMILES string of the molecule is CC(=S)Cc1ccc(F)cc1. The van der Waals surface area contributed by atoms with Gasteiger partial charge in [0, 0.05) is 6.42 Å². The van der Waals surface area contributed by atoms with E-state index in [1.165, 1.54) is 12.1 Å². The normalized spacial score (nSPS) is 9.64.